The van der Waals surface area contributed by atoms with Crippen molar-refractivity contribution in [2.45, 2.75) is 38.9 Å². The molecule has 0 aliphatic carbocycles. The van der Waals surface area contributed by atoms with Crippen LogP contribution in [0, 0.1) is 0 Å². The molecule has 0 aliphatic heterocycles. The highest BCUT2D eigenvalue weighted by atomic mass is 32.1. The quantitative estimate of drug-likeness (QED) is 0.525. The highest BCUT2D eigenvalue weighted by Crippen LogP contribution is 2.15. The van der Waals surface area contributed by atoms with Gasteiger partial charge in [-0.15, -0.1) is 0 Å². The summed E-state index contributed by atoms with van der Waals surface area (Å²) in [5.74, 6) is 0. The average molecular weight is 190 g/mol. The summed E-state index contributed by atoms with van der Waals surface area (Å²) in [6, 6.07) is 3.62. The van der Waals surface area contributed by atoms with Crippen LogP contribution in [0.15, 0.2) is 0 Å². The highest BCUT2D eigenvalue weighted by Gasteiger charge is 2.26. The first-order chi connectivity index (χ1) is 5.10. The SMILES string of the molecule is CC[Si](CC)(CC)NC(N)=S. The molecule has 66 valence electrons. The number of hydrogen-bond acceptors (Lipinski definition) is 1. The van der Waals surface area contributed by atoms with Gasteiger partial charge in [0.15, 0.2) is 13.3 Å². The molecule has 0 aromatic heterocycles. The molecule has 0 unspecified atom stereocenters. The predicted octanol–water partition coefficient (Wildman–Crippen LogP) is 1.82. The highest BCUT2D eigenvalue weighted by molar-refractivity contribution is 7.80. The van der Waals surface area contributed by atoms with E-state index in [1.54, 1.807) is 0 Å². The summed E-state index contributed by atoms with van der Waals surface area (Å²) in [5, 5.41) is 0.474. The van der Waals surface area contributed by atoms with Gasteiger partial charge >= 0.3 is 0 Å². The van der Waals surface area contributed by atoms with Crippen molar-refractivity contribution in [1.29, 1.82) is 0 Å². The van der Waals surface area contributed by atoms with Gasteiger partial charge in [-0.05, 0) is 30.4 Å². The van der Waals surface area contributed by atoms with Crippen molar-refractivity contribution >= 4 is 25.6 Å². The zero-order valence-corrected chi connectivity index (χ0v) is 9.42. The molecular formula is C7H18N2SSi. The van der Waals surface area contributed by atoms with Crippen LogP contribution in [0.3, 0.4) is 0 Å². The lowest BCUT2D eigenvalue weighted by molar-refractivity contribution is 1.09. The second-order valence-electron chi connectivity index (χ2n) is 2.83. The number of nitrogens with one attached hydrogen (secondary N) is 1. The van der Waals surface area contributed by atoms with Gasteiger partial charge in [0.1, 0.15) is 0 Å². The Bertz CT molecular complexity index is 126. The fourth-order valence-electron chi connectivity index (χ4n) is 1.28. The summed E-state index contributed by atoms with van der Waals surface area (Å²) in [6.45, 7) is 6.64. The third-order valence-electron chi connectivity index (χ3n) is 2.42. The van der Waals surface area contributed by atoms with Crippen molar-refractivity contribution in [2.75, 3.05) is 0 Å². The van der Waals surface area contributed by atoms with E-state index < -0.39 is 8.24 Å². The fraction of sp³-hybridized carbons (Fsp3) is 0.857. The zero-order chi connectivity index (χ0) is 8.91. The molecule has 0 spiro atoms. The Morgan fingerprint density at radius 2 is 1.64 bits per heavy atom. The van der Waals surface area contributed by atoms with Crippen LogP contribution < -0.4 is 10.7 Å². The minimum absolute atomic E-state index is 0.474. The molecule has 0 saturated carbocycles. The Balaban J connectivity index is 4.16. The molecule has 0 saturated heterocycles. The van der Waals surface area contributed by atoms with Crippen molar-refractivity contribution in [2.24, 2.45) is 5.73 Å². The van der Waals surface area contributed by atoms with Gasteiger partial charge in [-0.1, -0.05) is 20.8 Å². The van der Waals surface area contributed by atoms with Gasteiger partial charge in [-0.25, -0.2) is 0 Å². The first kappa shape index (κ1) is 10.9. The first-order valence-corrected chi connectivity index (χ1v) is 7.20. The predicted molar refractivity (Wildman–Crippen MR) is 57.1 cm³/mol. The Hall–Kier alpha value is -0.0931. The summed E-state index contributed by atoms with van der Waals surface area (Å²) in [4.78, 5) is 3.29. The third-order valence-corrected chi connectivity index (χ3v) is 7.56. The topological polar surface area (TPSA) is 38.0 Å². The van der Waals surface area contributed by atoms with Crippen molar-refractivity contribution in [1.82, 2.24) is 4.98 Å². The fourth-order valence-corrected chi connectivity index (χ4v) is 4.48. The average Bonchev–Trinajstić information content (AvgIpc) is 2.00. The molecule has 0 heterocycles. The van der Waals surface area contributed by atoms with Crippen LogP contribution in [0.25, 0.3) is 0 Å². The maximum absolute atomic E-state index is 5.46. The Labute approximate surface area is 75.6 Å². The van der Waals surface area contributed by atoms with E-state index in [0.29, 0.717) is 5.11 Å². The zero-order valence-electron chi connectivity index (χ0n) is 7.61. The smallest absolute Gasteiger partial charge is 0.155 e. The summed E-state index contributed by atoms with van der Waals surface area (Å²) >= 11 is 4.84. The largest absolute Gasteiger partial charge is 0.388 e. The molecule has 0 aromatic carbocycles. The molecule has 4 heteroatoms. The number of nitrogens with two attached hydrogens (primary N) is 1. The monoisotopic (exact) mass is 190 g/mol. The summed E-state index contributed by atoms with van der Waals surface area (Å²) < 4.78 is 0. The molecule has 0 amide bonds. The molecule has 0 rings (SSSR count). The van der Waals surface area contributed by atoms with Gasteiger partial charge in [0.2, 0.25) is 0 Å². The number of rotatable bonds is 4. The van der Waals surface area contributed by atoms with Crippen LogP contribution >= 0.6 is 12.2 Å². The van der Waals surface area contributed by atoms with Crippen molar-refractivity contribution in [3.8, 4) is 0 Å². The molecule has 0 bridgehead atoms. The van der Waals surface area contributed by atoms with Gasteiger partial charge in [0.25, 0.3) is 0 Å². The second-order valence-corrected chi connectivity index (χ2v) is 8.20. The van der Waals surface area contributed by atoms with Crippen molar-refractivity contribution < 1.29 is 0 Å². The van der Waals surface area contributed by atoms with E-state index in [9.17, 15) is 0 Å². The van der Waals surface area contributed by atoms with E-state index in [1.165, 1.54) is 18.1 Å². The lowest BCUT2D eigenvalue weighted by Crippen LogP contribution is -2.53. The van der Waals surface area contributed by atoms with Crippen molar-refractivity contribution in [3.63, 3.8) is 0 Å². The molecule has 0 aliphatic rings. The third kappa shape index (κ3) is 3.20. The van der Waals surface area contributed by atoms with E-state index in [-0.39, 0.29) is 0 Å². The van der Waals surface area contributed by atoms with Crippen LogP contribution in [0.4, 0.5) is 0 Å². The molecular weight excluding hydrogens is 172 g/mol. The summed E-state index contributed by atoms with van der Waals surface area (Å²) in [5.41, 5.74) is 5.46. The molecule has 0 aromatic rings. The Morgan fingerprint density at radius 1 is 1.27 bits per heavy atom. The van der Waals surface area contributed by atoms with Gasteiger partial charge in [0, 0.05) is 0 Å². The molecule has 11 heavy (non-hydrogen) atoms. The second kappa shape index (κ2) is 4.72. The van der Waals surface area contributed by atoms with Gasteiger partial charge < -0.3 is 10.7 Å². The van der Waals surface area contributed by atoms with Crippen molar-refractivity contribution in [3.05, 3.63) is 0 Å². The Morgan fingerprint density at radius 3 is 1.73 bits per heavy atom. The number of thiocarbonyl (C=S) groups is 1. The lowest BCUT2D eigenvalue weighted by Gasteiger charge is -2.28. The van der Waals surface area contributed by atoms with Crippen LogP contribution in [0.1, 0.15) is 20.8 Å². The van der Waals surface area contributed by atoms with E-state index in [0.717, 1.165) is 0 Å². The molecule has 3 N–H and O–H groups in total. The molecule has 0 atom stereocenters. The van der Waals surface area contributed by atoms with Gasteiger partial charge in [-0.2, -0.15) is 0 Å². The van der Waals surface area contributed by atoms with E-state index in [1.807, 2.05) is 0 Å². The lowest BCUT2D eigenvalue weighted by atomic mass is 10.9. The van der Waals surface area contributed by atoms with Gasteiger partial charge in [0.05, 0.1) is 0 Å². The number of hydrogen-bond donors (Lipinski definition) is 2. The summed E-state index contributed by atoms with van der Waals surface area (Å²) in [6.07, 6.45) is 0. The maximum atomic E-state index is 5.46. The van der Waals surface area contributed by atoms with Crippen LogP contribution in [0.2, 0.25) is 18.1 Å². The van der Waals surface area contributed by atoms with Crippen LogP contribution in [0.5, 0.6) is 0 Å². The van der Waals surface area contributed by atoms with E-state index in [2.05, 4.69) is 25.8 Å². The van der Waals surface area contributed by atoms with E-state index >= 15 is 0 Å². The van der Waals surface area contributed by atoms with Crippen LogP contribution in [-0.4, -0.2) is 13.3 Å². The maximum Gasteiger partial charge on any atom is 0.155 e. The first-order valence-electron chi connectivity index (χ1n) is 4.17. The van der Waals surface area contributed by atoms with Gasteiger partial charge in [-0.3, -0.25) is 0 Å². The minimum Gasteiger partial charge on any atom is -0.388 e. The standard InChI is InChI=1S/C7H18N2SSi/c1-4-11(5-2,6-3)9-7(8)10/h4-6H2,1-3H3,(H3,8,9,10). The molecule has 0 fully saturated rings. The Kier molecular flexibility index (Phi) is 4.68. The molecule has 2 nitrogen and oxygen atoms in total. The molecule has 0 radical (unpaired) electrons. The summed E-state index contributed by atoms with van der Waals surface area (Å²) in [7, 11) is -1.30. The van der Waals surface area contributed by atoms with Crippen LogP contribution in [-0.2, 0) is 0 Å². The minimum atomic E-state index is -1.30. The normalized spacial score (nSPS) is 11.2. The van der Waals surface area contributed by atoms with E-state index in [4.69, 9.17) is 18.0 Å².